The van der Waals surface area contributed by atoms with Crippen LogP contribution in [0.5, 0.6) is 0 Å². The molecule has 1 aliphatic rings. The largest absolute Gasteiger partial charge is 0.611 e. The van der Waals surface area contributed by atoms with Crippen LogP contribution in [0.15, 0.2) is 29.0 Å². The van der Waals surface area contributed by atoms with Crippen LogP contribution in [0, 0.1) is 6.92 Å². The number of rotatable bonds is 3. The molecule has 2 N–H and O–H groups in total. The summed E-state index contributed by atoms with van der Waals surface area (Å²) in [5.74, 6) is 0. The first-order valence-corrected chi connectivity index (χ1v) is 9.53. The summed E-state index contributed by atoms with van der Waals surface area (Å²) in [6.45, 7) is 2.01. The van der Waals surface area contributed by atoms with Crippen LogP contribution in [0.1, 0.15) is 24.8 Å². The molecule has 4 rings (SSSR count). The predicted octanol–water partition coefficient (Wildman–Crippen LogP) is 3.30. The average molecular weight is 344 g/mol. The molecular weight excluding hydrogens is 328 g/mol. The molecule has 1 atom stereocenters. The van der Waals surface area contributed by atoms with Crippen LogP contribution in [0.3, 0.4) is 0 Å². The highest BCUT2D eigenvalue weighted by Gasteiger charge is 2.34. The van der Waals surface area contributed by atoms with E-state index in [1.807, 2.05) is 13.0 Å². The van der Waals surface area contributed by atoms with Gasteiger partial charge in [-0.05, 0) is 37.8 Å². The average Bonchev–Trinajstić information content (AvgIpc) is 2.84. The van der Waals surface area contributed by atoms with E-state index in [1.54, 1.807) is 12.4 Å². The fourth-order valence-electron chi connectivity index (χ4n) is 2.75. The summed E-state index contributed by atoms with van der Waals surface area (Å²) < 4.78 is 13.5. The molecule has 0 spiro atoms. The molecule has 1 fully saturated rings. The van der Waals surface area contributed by atoms with E-state index in [2.05, 4.69) is 9.97 Å². The van der Waals surface area contributed by atoms with Gasteiger partial charge < -0.3 is 10.3 Å². The highest BCUT2D eigenvalue weighted by atomic mass is 32.2. The van der Waals surface area contributed by atoms with Gasteiger partial charge in [-0.25, -0.2) is 15.0 Å². The summed E-state index contributed by atoms with van der Waals surface area (Å²) >= 11 is 0.439. The van der Waals surface area contributed by atoms with Gasteiger partial charge in [0.05, 0.1) is 5.69 Å². The number of fused-ring (bicyclic) bond motifs is 1. The van der Waals surface area contributed by atoms with Crippen LogP contribution in [-0.2, 0) is 11.2 Å². The summed E-state index contributed by atoms with van der Waals surface area (Å²) in [7, 11) is 0. The number of nitrogens with zero attached hydrogens (tertiary/aromatic N) is 3. The third-order valence-electron chi connectivity index (χ3n) is 4.26. The van der Waals surface area contributed by atoms with Gasteiger partial charge >= 0.3 is 0 Å². The first kappa shape index (κ1) is 14.9. The van der Waals surface area contributed by atoms with Crippen molar-refractivity contribution in [1.82, 2.24) is 15.0 Å². The van der Waals surface area contributed by atoms with E-state index in [-0.39, 0.29) is 5.25 Å². The van der Waals surface area contributed by atoms with E-state index in [0.29, 0.717) is 5.69 Å². The maximum Gasteiger partial charge on any atom is 0.232 e. The molecule has 1 unspecified atom stereocenters. The van der Waals surface area contributed by atoms with Crippen molar-refractivity contribution in [2.45, 2.75) is 35.6 Å². The molecule has 5 nitrogen and oxygen atoms in total. The van der Waals surface area contributed by atoms with Crippen molar-refractivity contribution in [1.29, 1.82) is 0 Å². The maximum absolute atomic E-state index is 12.7. The SMILES string of the molecule is Cc1cc(-c2cncnc2)nc2sc([S+]([O-])C3CCC3)c(N)c12. The van der Waals surface area contributed by atoms with Crippen LogP contribution >= 0.6 is 11.3 Å². The Balaban J connectivity index is 1.83. The minimum absolute atomic E-state index is 0.257. The second-order valence-electron chi connectivity index (χ2n) is 5.79. The quantitative estimate of drug-likeness (QED) is 0.737. The molecule has 0 bridgehead atoms. The van der Waals surface area contributed by atoms with E-state index in [9.17, 15) is 4.55 Å². The molecule has 1 aliphatic carbocycles. The summed E-state index contributed by atoms with van der Waals surface area (Å²) in [6.07, 6.45) is 8.20. The zero-order valence-electron chi connectivity index (χ0n) is 12.7. The number of nitrogens with two attached hydrogens (primary N) is 1. The molecule has 0 aliphatic heterocycles. The van der Waals surface area contributed by atoms with Gasteiger partial charge in [0, 0.05) is 34.5 Å². The molecule has 1 saturated carbocycles. The summed E-state index contributed by atoms with van der Waals surface area (Å²) in [5, 5.41) is 1.19. The molecule has 118 valence electrons. The Bertz CT molecular complexity index is 861. The van der Waals surface area contributed by atoms with Crippen molar-refractivity contribution < 1.29 is 4.55 Å². The molecule has 3 heterocycles. The van der Waals surface area contributed by atoms with Crippen molar-refractivity contribution in [2.75, 3.05) is 5.73 Å². The van der Waals surface area contributed by atoms with Crippen molar-refractivity contribution in [3.05, 3.63) is 30.4 Å². The van der Waals surface area contributed by atoms with E-state index in [1.165, 1.54) is 17.7 Å². The number of aryl methyl sites for hydroxylation is 1. The van der Waals surface area contributed by atoms with Gasteiger partial charge in [-0.3, -0.25) is 0 Å². The second kappa shape index (κ2) is 5.74. The number of thiophene rings is 1. The lowest BCUT2D eigenvalue weighted by molar-refractivity contribution is 0.478. The molecule has 3 aromatic heterocycles. The highest BCUT2D eigenvalue weighted by molar-refractivity contribution is 7.94. The number of aromatic nitrogens is 3. The summed E-state index contributed by atoms with van der Waals surface area (Å²) in [5.41, 5.74) is 9.66. The maximum atomic E-state index is 12.7. The minimum atomic E-state index is -1.02. The lowest BCUT2D eigenvalue weighted by Gasteiger charge is -2.26. The molecule has 0 saturated heterocycles. The van der Waals surface area contributed by atoms with Crippen molar-refractivity contribution >= 4 is 38.4 Å². The number of pyridine rings is 1. The molecule has 3 aromatic rings. The van der Waals surface area contributed by atoms with Gasteiger partial charge in [0.2, 0.25) is 4.21 Å². The van der Waals surface area contributed by atoms with Crippen molar-refractivity contribution in [3.8, 4) is 11.3 Å². The highest BCUT2D eigenvalue weighted by Crippen LogP contribution is 2.43. The number of hydrogen-bond donors (Lipinski definition) is 1. The predicted molar refractivity (Wildman–Crippen MR) is 93.8 cm³/mol. The summed E-state index contributed by atoms with van der Waals surface area (Å²) in [6, 6.07) is 1.99. The fourth-order valence-corrected chi connectivity index (χ4v) is 6.02. The Hall–Kier alpha value is -1.70. The van der Waals surface area contributed by atoms with E-state index in [4.69, 9.17) is 10.7 Å². The minimum Gasteiger partial charge on any atom is -0.611 e. The Morgan fingerprint density at radius 1 is 1.30 bits per heavy atom. The van der Waals surface area contributed by atoms with Gasteiger partial charge in [0.15, 0.2) is 0 Å². The van der Waals surface area contributed by atoms with Crippen LogP contribution in [0.4, 0.5) is 5.69 Å². The van der Waals surface area contributed by atoms with Crippen LogP contribution in [0.25, 0.3) is 21.5 Å². The van der Waals surface area contributed by atoms with E-state index < -0.39 is 11.2 Å². The normalized spacial score (nSPS) is 16.4. The lowest BCUT2D eigenvalue weighted by atomic mass is 10.0. The zero-order valence-corrected chi connectivity index (χ0v) is 14.3. The molecule has 0 radical (unpaired) electrons. The Labute approximate surface area is 141 Å². The summed E-state index contributed by atoms with van der Waals surface area (Å²) in [4.78, 5) is 13.6. The third-order valence-corrected chi connectivity index (χ3v) is 7.56. The van der Waals surface area contributed by atoms with Crippen LogP contribution in [-0.4, -0.2) is 24.8 Å². The first-order chi connectivity index (χ1) is 11.1. The number of hydrogen-bond acceptors (Lipinski definition) is 6. The Morgan fingerprint density at radius 3 is 2.70 bits per heavy atom. The molecule has 0 amide bonds. The monoisotopic (exact) mass is 344 g/mol. The van der Waals surface area contributed by atoms with Crippen molar-refractivity contribution in [3.63, 3.8) is 0 Å². The smallest absolute Gasteiger partial charge is 0.232 e. The molecule has 0 aromatic carbocycles. The van der Waals surface area contributed by atoms with E-state index in [0.717, 1.165) is 50.5 Å². The Morgan fingerprint density at radius 2 is 2.04 bits per heavy atom. The topological polar surface area (TPSA) is 87.8 Å². The molecule has 23 heavy (non-hydrogen) atoms. The van der Waals surface area contributed by atoms with Gasteiger partial charge in [-0.1, -0.05) is 11.3 Å². The van der Waals surface area contributed by atoms with Gasteiger partial charge in [0.25, 0.3) is 0 Å². The third kappa shape index (κ3) is 2.49. The fraction of sp³-hybridized carbons (Fsp3) is 0.312. The zero-order chi connectivity index (χ0) is 16.0. The number of nitrogen functional groups attached to an aromatic ring is 1. The standard InChI is InChI=1S/C16H16N4OS2/c1-9-5-12(10-6-18-8-19-7-10)20-15-13(9)14(17)16(22-15)23(21)11-3-2-4-11/h5-8,11H,2-4,17H2,1H3. The van der Waals surface area contributed by atoms with Crippen molar-refractivity contribution in [2.24, 2.45) is 0 Å². The number of anilines is 1. The van der Waals surface area contributed by atoms with Gasteiger partial charge in [-0.15, -0.1) is 0 Å². The van der Waals surface area contributed by atoms with Crippen LogP contribution in [0.2, 0.25) is 0 Å². The van der Waals surface area contributed by atoms with Crippen LogP contribution < -0.4 is 5.73 Å². The lowest BCUT2D eigenvalue weighted by Crippen LogP contribution is -2.28. The van der Waals surface area contributed by atoms with E-state index >= 15 is 0 Å². The Kier molecular flexibility index (Phi) is 3.71. The van der Waals surface area contributed by atoms with Gasteiger partial charge in [-0.2, -0.15) is 0 Å². The molecule has 7 heteroatoms. The second-order valence-corrected chi connectivity index (χ2v) is 8.71. The first-order valence-electron chi connectivity index (χ1n) is 7.50. The van der Waals surface area contributed by atoms with Gasteiger partial charge in [0.1, 0.15) is 22.1 Å². The molecular formula is C16H16N4OS2.